The molecular weight excluding hydrogens is 278 g/mol. The van der Waals surface area contributed by atoms with E-state index < -0.39 is 0 Å². The Labute approximate surface area is 120 Å². The molecule has 104 valence electrons. The molecule has 1 saturated heterocycles. The Morgan fingerprint density at radius 2 is 2.10 bits per heavy atom. The first kappa shape index (κ1) is 13.0. The fourth-order valence-electron chi connectivity index (χ4n) is 2.24. The van der Waals surface area contributed by atoms with Crippen LogP contribution in [-0.2, 0) is 14.4 Å². The van der Waals surface area contributed by atoms with E-state index in [1.165, 1.54) is 21.6 Å². The van der Waals surface area contributed by atoms with Crippen LogP contribution in [0.3, 0.4) is 0 Å². The molecule has 0 atom stereocenters. The van der Waals surface area contributed by atoms with E-state index in [1.54, 1.807) is 18.2 Å². The summed E-state index contributed by atoms with van der Waals surface area (Å²) in [6.07, 6.45) is 0. The second-order valence-electron chi connectivity index (χ2n) is 4.61. The molecule has 3 amide bonds. The van der Waals surface area contributed by atoms with Gasteiger partial charge in [-0.25, -0.2) is 0 Å². The number of nitrogens with zero attached hydrogens (tertiary/aromatic N) is 2. The maximum absolute atomic E-state index is 12.4. The predicted molar refractivity (Wildman–Crippen MR) is 76.5 cm³/mol. The van der Waals surface area contributed by atoms with Gasteiger partial charge in [0.15, 0.2) is 0 Å². The number of nitrogens with one attached hydrogen (secondary N) is 1. The minimum absolute atomic E-state index is 0.00891. The van der Waals surface area contributed by atoms with Crippen LogP contribution >= 0.6 is 11.8 Å². The summed E-state index contributed by atoms with van der Waals surface area (Å²) < 4.78 is 0. The molecule has 20 heavy (non-hydrogen) atoms. The number of carbonyl (C=O) groups excluding carboxylic acids is 3. The molecule has 3 rings (SSSR count). The monoisotopic (exact) mass is 291 g/mol. The highest BCUT2D eigenvalue weighted by Crippen LogP contribution is 2.29. The first-order chi connectivity index (χ1) is 9.65. The lowest BCUT2D eigenvalue weighted by atomic mass is 10.2. The van der Waals surface area contributed by atoms with Gasteiger partial charge in [-0.1, -0.05) is 12.1 Å². The molecule has 1 N–H and O–H groups in total. The molecule has 2 aliphatic rings. The molecular formula is C13H13N3O3S. The quantitative estimate of drug-likeness (QED) is 0.861. The van der Waals surface area contributed by atoms with E-state index in [1.807, 2.05) is 6.07 Å². The van der Waals surface area contributed by atoms with E-state index in [2.05, 4.69) is 5.32 Å². The van der Waals surface area contributed by atoms with Crippen LogP contribution in [0, 0.1) is 0 Å². The van der Waals surface area contributed by atoms with Crippen molar-refractivity contribution in [1.29, 1.82) is 0 Å². The van der Waals surface area contributed by atoms with E-state index in [-0.39, 0.29) is 30.8 Å². The molecule has 1 fully saturated rings. The lowest BCUT2D eigenvalue weighted by Gasteiger charge is -2.30. The fourth-order valence-corrected chi connectivity index (χ4v) is 3.15. The van der Waals surface area contributed by atoms with Gasteiger partial charge in [-0.2, -0.15) is 0 Å². The van der Waals surface area contributed by atoms with Crippen molar-refractivity contribution in [1.82, 2.24) is 4.90 Å². The van der Waals surface area contributed by atoms with E-state index in [0.717, 1.165) is 0 Å². The van der Waals surface area contributed by atoms with Gasteiger partial charge in [0.25, 0.3) is 0 Å². The Bertz CT molecular complexity index is 590. The van der Waals surface area contributed by atoms with Crippen molar-refractivity contribution in [3.8, 4) is 0 Å². The van der Waals surface area contributed by atoms with Crippen molar-refractivity contribution in [3.63, 3.8) is 0 Å². The number of thioether (sulfide) groups is 1. The first-order valence-electron chi connectivity index (χ1n) is 6.20. The van der Waals surface area contributed by atoms with Crippen LogP contribution in [-0.4, -0.2) is 47.3 Å². The highest BCUT2D eigenvalue weighted by atomic mass is 32.2. The average Bonchev–Trinajstić information content (AvgIpc) is 2.83. The van der Waals surface area contributed by atoms with Crippen molar-refractivity contribution in [2.45, 2.75) is 0 Å². The summed E-state index contributed by atoms with van der Waals surface area (Å²) in [5, 5.41) is 2.73. The topological polar surface area (TPSA) is 69.7 Å². The first-order valence-corrected chi connectivity index (χ1v) is 7.35. The van der Waals surface area contributed by atoms with Crippen molar-refractivity contribution >= 4 is 40.9 Å². The largest absolute Gasteiger partial charge is 0.323 e. The number of hydrogen-bond acceptors (Lipinski definition) is 4. The van der Waals surface area contributed by atoms with Gasteiger partial charge < -0.3 is 10.2 Å². The average molecular weight is 291 g/mol. The van der Waals surface area contributed by atoms with Gasteiger partial charge in [0, 0.05) is 0 Å². The van der Waals surface area contributed by atoms with Gasteiger partial charge in [-0.3, -0.25) is 19.3 Å². The normalized spacial score (nSPS) is 18.0. The number of fused-ring (bicyclic) bond motifs is 1. The molecule has 0 unspecified atom stereocenters. The summed E-state index contributed by atoms with van der Waals surface area (Å²) in [5.41, 5.74) is 1.30. The van der Waals surface area contributed by atoms with Crippen LogP contribution in [0.5, 0.6) is 0 Å². The van der Waals surface area contributed by atoms with Gasteiger partial charge in [-0.05, 0) is 12.1 Å². The third kappa shape index (κ3) is 2.36. The zero-order valence-electron chi connectivity index (χ0n) is 10.7. The van der Waals surface area contributed by atoms with E-state index in [9.17, 15) is 14.4 Å². The van der Waals surface area contributed by atoms with Crippen molar-refractivity contribution < 1.29 is 14.4 Å². The predicted octanol–water partition coefficient (Wildman–Crippen LogP) is 0.505. The maximum Gasteiger partial charge on any atom is 0.247 e. The molecule has 0 radical (unpaired) electrons. The third-order valence-electron chi connectivity index (χ3n) is 3.22. The Balaban J connectivity index is 1.81. The van der Waals surface area contributed by atoms with Gasteiger partial charge in [0.05, 0.1) is 23.0 Å². The molecule has 7 heteroatoms. The summed E-state index contributed by atoms with van der Waals surface area (Å²) in [7, 11) is 0. The molecule has 1 aromatic rings. The van der Waals surface area contributed by atoms with Gasteiger partial charge in [0.1, 0.15) is 13.1 Å². The Kier molecular flexibility index (Phi) is 3.35. The third-order valence-corrected chi connectivity index (χ3v) is 4.17. The maximum atomic E-state index is 12.4. The van der Waals surface area contributed by atoms with E-state index in [0.29, 0.717) is 23.0 Å². The number of rotatable bonds is 2. The van der Waals surface area contributed by atoms with E-state index in [4.69, 9.17) is 0 Å². The van der Waals surface area contributed by atoms with Crippen LogP contribution in [0.1, 0.15) is 0 Å². The molecule has 6 nitrogen and oxygen atoms in total. The standard InChI is InChI=1S/C13H13N3O3S/c17-11-5-16(10-4-2-1-3-9(10)14-11)12(18)6-15-8-20-7-13(15)19/h1-4H,5-8H2,(H,14,17). The van der Waals surface area contributed by atoms with Crippen LogP contribution < -0.4 is 10.2 Å². The number of amides is 3. The number of hydrogen-bond donors (Lipinski definition) is 1. The van der Waals surface area contributed by atoms with E-state index >= 15 is 0 Å². The highest BCUT2D eigenvalue weighted by molar-refractivity contribution is 8.00. The zero-order valence-corrected chi connectivity index (χ0v) is 11.5. The molecule has 0 bridgehead atoms. The fraction of sp³-hybridized carbons (Fsp3) is 0.308. The summed E-state index contributed by atoms with van der Waals surface area (Å²) in [5.74, 6) is 0.469. The second kappa shape index (κ2) is 5.16. The Morgan fingerprint density at radius 1 is 1.30 bits per heavy atom. The minimum atomic E-state index is -0.233. The minimum Gasteiger partial charge on any atom is -0.323 e. The smallest absolute Gasteiger partial charge is 0.247 e. The van der Waals surface area contributed by atoms with Crippen molar-refractivity contribution in [3.05, 3.63) is 24.3 Å². The van der Waals surface area contributed by atoms with Crippen LogP contribution in [0.2, 0.25) is 0 Å². The van der Waals surface area contributed by atoms with Gasteiger partial charge in [0.2, 0.25) is 17.7 Å². The SMILES string of the molecule is O=C1CN(C(=O)CN2CSCC2=O)c2ccccc2N1. The Morgan fingerprint density at radius 3 is 2.85 bits per heavy atom. The molecule has 0 saturated carbocycles. The van der Waals surface area contributed by atoms with Crippen LogP contribution in [0.15, 0.2) is 24.3 Å². The zero-order chi connectivity index (χ0) is 14.1. The van der Waals surface area contributed by atoms with Gasteiger partial charge >= 0.3 is 0 Å². The highest BCUT2D eigenvalue weighted by Gasteiger charge is 2.30. The number of para-hydroxylation sites is 2. The molecule has 0 aromatic heterocycles. The summed E-state index contributed by atoms with van der Waals surface area (Å²) in [6, 6.07) is 7.15. The molecule has 1 aromatic carbocycles. The number of anilines is 2. The van der Waals surface area contributed by atoms with Crippen LogP contribution in [0.25, 0.3) is 0 Å². The number of benzene rings is 1. The Hall–Kier alpha value is -2.02. The lowest BCUT2D eigenvalue weighted by molar-refractivity contribution is -0.131. The van der Waals surface area contributed by atoms with Crippen LogP contribution in [0.4, 0.5) is 11.4 Å². The summed E-state index contributed by atoms with van der Waals surface area (Å²) >= 11 is 1.49. The summed E-state index contributed by atoms with van der Waals surface area (Å²) in [6.45, 7) is 0.0124. The van der Waals surface area contributed by atoms with Gasteiger partial charge in [-0.15, -0.1) is 11.8 Å². The number of carbonyl (C=O) groups is 3. The lowest BCUT2D eigenvalue weighted by Crippen LogP contribution is -2.47. The van der Waals surface area contributed by atoms with Crippen molar-refractivity contribution in [2.24, 2.45) is 0 Å². The summed E-state index contributed by atoms with van der Waals surface area (Å²) in [4.78, 5) is 38.5. The molecule has 0 spiro atoms. The van der Waals surface area contributed by atoms with Crippen molar-refractivity contribution in [2.75, 3.05) is 34.9 Å². The molecule has 0 aliphatic carbocycles. The molecule has 2 aliphatic heterocycles. The molecule has 2 heterocycles. The second-order valence-corrected chi connectivity index (χ2v) is 5.57.